The predicted molar refractivity (Wildman–Crippen MR) is 102 cm³/mol. The second-order valence-corrected chi connectivity index (χ2v) is 5.94. The first kappa shape index (κ1) is 20.5. The smallest absolute Gasteiger partial charge is 0.331 e. The molecule has 7 heteroatoms. The van der Waals surface area contributed by atoms with Crippen molar-refractivity contribution >= 4 is 35.2 Å². The highest BCUT2D eigenvalue weighted by atomic mass is 35.5. The number of amides is 1. The lowest BCUT2D eigenvalue weighted by atomic mass is 10.2. The molecule has 1 amide bonds. The highest BCUT2D eigenvalue weighted by molar-refractivity contribution is 6.30. The quantitative estimate of drug-likeness (QED) is 0.559. The summed E-state index contributed by atoms with van der Waals surface area (Å²) in [4.78, 5) is 24.0. The third-order valence-electron chi connectivity index (χ3n) is 3.45. The van der Waals surface area contributed by atoms with E-state index in [9.17, 15) is 14.0 Å². The standard InChI is InChI=1S/C20H19ClFNO4/c1-3-26-16-8-6-15(7-9-16)23-20(25)13(2)27-19(24)11-5-14-4-10-18(22)17(21)12-14/h4-13H,3H2,1-2H3,(H,23,25)/b11-5+/t13-/m1/s1. The summed E-state index contributed by atoms with van der Waals surface area (Å²) in [6, 6.07) is 10.9. The molecule has 2 aromatic carbocycles. The molecule has 2 aromatic rings. The van der Waals surface area contributed by atoms with Gasteiger partial charge in [-0.1, -0.05) is 17.7 Å². The first-order chi connectivity index (χ1) is 12.9. The van der Waals surface area contributed by atoms with Crippen LogP contribution >= 0.6 is 11.6 Å². The third-order valence-corrected chi connectivity index (χ3v) is 3.74. The van der Waals surface area contributed by atoms with Gasteiger partial charge in [0.1, 0.15) is 11.6 Å². The minimum atomic E-state index is -0.995. The number of hydrogen-bond acceptors (Lipinski definition) is 4. The first-order valence-electron chi connectivity index (χ1n) is 8.26. The topological polar surface area (TPSA) is 64.6 Å². The molecule has 0 spiro atoms. The van der Waals surface area contributed by atoms with E-state index in [0.717, 1.165) is 6.08 Å². The van der Waals surface area contributed by atoms with Crippen molar-refractivity contribution in [2.24, 2.45) is 0 Å². The van der Waals surface area contributed by atoms with E-state index in [1.807, 2.05) is 6.92 Å². The zero-order chi connectivity index (χ0) is 19.8. The van der Waals surface area contributed by atoms with Crippen molar-refractivity contribution in [3.05, 3.63) is 64.9 Å². The zero-order valence-corrected chi connectivity index (χ0v) is 15.6. The average Bonchev–Trinajstić information content (AvgIpc) is 2.64. The Kier molecular flexibility index (Phi) is 7.37. The number of anilines is 1. The number of halogens is 2. The van der Waals surface area contributed by atoms with Gasteiger partial charge >= 0.3 is 5.97 Å². The maximum absolute atomic E-state index is 13.1. The van der Waals surface area contributed by atoms with Gasteiger partial charge in [0.05, 0.1) is 11.6 Å². The van der Waals surface area contributed by atoms with Crippen LogP contribution in [0.4, 0.5) is 10.1 Å². The van der Waals surface area contributed by atoms with Gasteiger partial charge in [0.2, 0.25) is 0 Å². The molecule has 0 unspecified atom stereocenters. The normalized spacial score (nSPS) is 11.9. The number of nitrogens with one attached hydrogen (secondary N) is 1. The van der Waals surface area contributed by atoms with Crippen molar-refractivity contribution < 1.29 is 23.5 Å². The van der Waals surface area contributed by atoms with Gasteiger partial charge in [-0.3, -0.25) is 4.79 Å². The molecule has 5 nitrogen and oxygen atoms in total. The van der Waals surface area contributed by atoms with E-state index in [2.05, 4.69) is 5.32 Å². The summed E-state index contributed by atoms with van der Waals surface area (Å²) in [7, 11) is 0. The fourth-order valence-corrected chi connectivity index (χ4v) is 2.28. The van der Waals surface area contributed by atoms with Gasteiger partial charge in [-0.25, -0.2) is 9.18 Å². The van der Waals surface area contributed by atoms with Crippen LogP contribution < -0.4 is 10.1 Å². The van der Waals surface area contributed by atoms with E-state index < -0.39 is 23.8 Å². The molecular weight excluding hydrogens is 373 g/mol. The number of carbonyl (C=O) groups excluding carboxylic acids is 2. The Balaban J connectivity index is 1.88. The molecule has 27 heavy (non-hydrogen) atoms. The maximum atomic E-state index is 13.1. The minimum Gasteiger partial charge on any atom is -0.494 e. The first-order valence-corrected chi connectivity index (χ1v) is 8.64. The van der Waals surface area contributed by atoms with E-state index in [1.165, 1.54) is 31.2 Å². The number of esters is 1. The Labute approximate surface area is 161 Å². The van der Waals surface area contributed by atoms with Gasteiger partial charge < -0.3 is 14.8 Å². The van der Waals surface area contributed by atoms with Crippen molar-refractivity contribution in [2.45, 2.75) is 20.0 Å². The second kappa shape index (κ2) is 9.73. The van der Waals surface area contributed by atoms with Crippen LogP contribution in [0.5, 0.6) is 5.75 Å². The molecule has 0 saturated carbocycles. The van der Waals surface area contributed by atoms with Crippen LogP contribution in [0, 0.1) is 5.82 Å². The molecule has 0 saturated heterocycles. The van der Waals surface area contributed by atoms with Crippen LogP contribution in [-0.2, 0) is 14.3 Å². The largest absolute Gasteiger partial charge is 0.494 e. The van der Waals surface area contributed by atoms with E-state index in [-0.39, 0.29) is 5.02 Å². The Morgan fingerprint density at radius 3 is 2.56 bits per heavy atom. The molecule has 2 rings (SSSR count). The lowest BCUT2D eigenvalue weighted by Crippen LogP contribution is -2.29. The summed E-state index contributed by atoms with van der Waals surface area (Å²) >= 11 is 5.67. The molecule has 0 aliphatic carbocycles. The van der Waals surface area contributed by atoms with Gasteiger partial charge in [-0.05, 0) is 61.9 Å². The second-order valence-electron chi connectivity index (χ2n) is 5.53. The van der Waals surface area contributed by atoms with Gasteiger partial charge in [-0.15, -0.1) is 0 Å². The van der Waals surface area contributed by atoms with Crippen LogP contribution in [0.3, 0.4) is 0 Å². The van der Waals surface area contributed by atoms with Gasteiger partial charge in [0, 0.05) is 11.8 Å². The Bertz CT molecular complexity index is 836. The summed E-state index contributed by atoms with van der Waals surface area (Å²) in [6.45, 7) is 3.89. The van der Waals surface area contributed by atoms with Gasteiger partial charge in [-0.2, -0.15) is 0 Å². The van der Waals surface area contributed by atoms with E-state index in [4.69, 9.17) is 21.1 Å². The Morgan fingerprint density at radius 1 is 1.22 bits per heavy atom. The molecule has 0 aliphatic rings. The maximum Gasteiger partial charge on any atom is 0.331 e. The summed E-state index contributed by atoms with van der Waals surface area (Å²) in [6.07, 6.45) is 1.57. The summed E-state index contributed by atoms with van der Waals surface area (Å²) in [5.74, 6) is -1.02. The highest BCUT2D eigenvalue weighted by Crippen LogP contribution is 2.17. The Morgan fingerprint density at radius 2 is 1.93 bits per heavy atom. The summed E-state index contributed by atoms with van der Waals surface area (Å²) < 4.78 is 23.5. The van der Waals surface area contributed by atoms with E-state index >= 15 is 0 Å². The van der Waals surface area contributed by atoms with Gasteiger partial charge in [0.25, 0.3) is 5.91 Å². The van der Waals surface area contributed by atoms with Crippen molar-refractivity contribution in [1.82, 2.24) is 0 Å². The zero-order valence-electron chi connectivity index (χ0n) is 14.9. The molecule has 142 valence electrons. The minimum absolute atomic E-state index is 0.0476. The van der Waals surface area contributed by atoms with Gasteiger partial charge in [0.15, 0.2) is 6.10 Å². The highest BCUT2D eigenvalue weighted by Gasteiger charge is 2.16. The van der Waals surface area contributed by atoms with Crippen molar-refractivity contribution in [1.29, 1.82) is 0 Å². The molecule has 0 aliphatic heterocycles. The molecule has 0 heterocycles. The fraction of sp³-hybridized carbons (Fsp3) is 0.200. The number of carbonyl (C=O) groups is 2. The van der Waals surface area contributed by atoms with Crippen LogP contribution in [0.2, 0.25) is 5.02 Å². The average molecular weight is 392 g/mol. The van der Waals surface area contributed by atoms with Crippen molar-refractivity contribution in [3.63, 3.8) is 0 Å². The van der Waals surface area contributed by atoms with Crippen LogP contribution in [0.15, 0.2) is 48.5 Å². The van der Waals surface area contributed by atoms with E-state index in [0.29, 0.717) is 23.6 Å². The number of rotatable bonds is 7. The van der Waals surface area contributed by atoms with Crippen LogP contribution in [0.1, 0.15) is 19.4 Å². The molecule has 0 radical (unpaired) electrons. The lowest BCUT2D eigenvalue weighted by Gasteiger charge is -2.12. The monoisotopic (exact) mass is 391 g/mol. The molecule has 0 bridgehead atoms. The van der Waals surface area contributed by atoms with E-state index in [1.54, 1.807) is 24.3 Å². The number of benzene rings is 2. The van der Waals surface area contributed by atoms with Crippen LogP contribution in [-0.4, -0.2) is 24.6 Å². The summed E-state index contributed by atoms with van der Waals surface area (Å²) in [5.41, 5.74) is 1.09. The fourth-order valence-electron chi connectivity index (χ4n) is 2.09. The third kappa shape index (κ3) is 6.42. The van der Waals surface area contributed by atoms with Crippen molar-refractivity contribution in [2.75, 3.05) is 11.9 Å². The molecular formula is C20H19ClFNO4. The number of ether oxygens (including phenoxy) is 2. The lowest BCUT2D eigenvalue weighted by molar-refractivity contribution is -0.148. The molecule has 1 atom stereocenters. The molecule has 0 aromatic heterocycles. The Hall–Kier alpha value is -2.86. The van der Waals surface area contributed by atoms with Crippen LogP contribution in [0.25, 0.3) is 6.08 Å². The number of hydrogen-bond donors (Lipinski definition) is 1. The predicted octanol–water partition coefficient (Wildman–Crippen LogP) is 4.46. The summed E-state index contributed by atoms with van der Waals surface area (Å²) in [5, 5.41) is 2.60. The van der Waals surface area contributed by atoms with Crippen molar-refractivity contribution in [3.8, 4) is 5.75 Å². The molecule has 1 N–H and O–H groups in total. The SMILES string of the molecule is CCOc1ccc(NC(=O)[C@@H](C)OC(=O)/C=C/c2ccc(F)c(Cl)c2)cc1. The molecule has 0 fully saturated rings.